The third kappa shape index (κ3) is 7.18. The van der Waals surface area contributed by atoms with Gasteiger partial charge in [0.05, 0.1) is 46.5 Å². The number of nitriles is 4. The highest BCUT2D eigenvalue weighted by atomic mass is 14.3. The maximum Gasteiger partial charge on any atom is 0.0991 e. The fourth-order valence-electron chi connectivity index (χ4n) is 7.56. The summed E-state index contributed by atoms with van der Waals surface area (Å²) in [7, 11) is 0. The quantitative estimate of drug-likeness (QED) is 0.145. The van der Waals surface area contributed by atoms with E-state index in [1.807, 2.05) is 115 Å². The van der Waals surface area contributed by atoms with Crippen LogP contribution in [0.15, 0.2) is 194 Å². The highest BCUT2D eigenvalue weighted by Crippen LogP contribution is 2.51. The Morgan fingerprint density at radius 3 is 0.966 bits per heavy atom. The van der Waals surface area contributed by atoms with Crippen LogP contribution < -0.4 is 0 Å². The van der Waals surface area contributed by atoms with Crippen LogP contribution in [0.2, 0.25) is 0 Å². The van der Waals surface area contributed by atoms with Crippen molar-refractivity contribution in [2.24, 2.45) is 0 Å². The fourth-order valence-corrected chi connectivity index (χ4v) is 7.56. The summed E-state index contributed by atoms with van der Waals surface area (Å²) in [6.45, 7) is 0. The van der Waals surface area contributed by atoms with Crippen LogP contribution in [0.25, 0.3) is 55.7 Å². The van der Waals surface area contributed by atoms with Gasteiger partial charge in [0, 0.05) is 0 Å². The molecule has 0 aliphatic rings. The maximum absolute atomic E-state index is 9.91. The first kappa shape index (κ1) is 36.4. The molecule has 0 amide bonds. The molecule has 4 nitrogen and oxygen atoms in total. The summed E-state index contributed by atoms with van der Waals surface area (Å²) in [4.78, 5) is 0. The van der Waals surface area contributed by atoms with Crippen molar-refractivity contribution in [3.63, 3.8) is 0 Å². The number of hydrogen-bond acceptors (Lipinski definition) is 4. The minimum absolute atomic E-state index is 0.535. The third-order valence-corrected chi connectivity index (χ3v) is 10.3. The van der Waals surface area contributed by atoms with Crippen LogP contribution in [-0.2, 0) is 0 Å². The Morgan fingerprint density at radius 2 is 0.603 bits per heavy atom. The van der Waals surface area contributed by atoms with Crippen LogP contribution in [-0.4, -0.2) is 0 Å². The number of nitrogens with zero attached hydrogens (tertiary/aromatic N) is 4. The molecule has 0 N–H and O–H groups in total. The number of hydrogen-bond donors (Lipinski definition) is 0. The Bertz CT molecular complexity index is 2910. The molecule has 0 aliphatic carbocycles. The monoisotopic (exact) mass is 736 g/mol. The molecule has 0 heterocycles. The summed E-state index contributed by atoms with van der Waals surface area (Å²) in [6, 6.07) is 73.2. The van der Waals surface area contributed by atoms with Gasteiger partial charge in [-0.3, -0.25) is 0 Å². The molecule has 0 fully saturated rings. The van der Waals surface area contributed by atoms with Crippen molar-refractivity contribution in [2.45, 2.75) is 0 Å². The van der Waals surface area contributed by atoms with Gasteiger partial charge in [0.25, 0.3) is 0 Å². The van der Waals surface area contributed by atoms with Crippen LogP contribution in [0, 0.1) is 45.3 Å². The van der Waals surface area contributed by atoms with E-state index in [1.165, 1.54) is 0 Å². The second kappa shape index (κ2) is 16.4. The molecule has 0 spiro atoms. The van der Waals surface area contributed by atoms with Crippen LogP contribution in [0.5, 0.6) is 0 Å². The number of rotatable bonds is 8. The lowest BCUT2D eigenvalue weighted by atomic mass is 9.75. The van der Waals surface area contributed by atoms with Crippen LogP contribution in [0.4, 0.5) is 0 Å². The van der Waals surface area contributed by atoms with Gasteiger partial charge in [-0.25, -0.2) is 0 Å². The molecule has 0 bridgehead atoms. The van der Waals surface area contributed by atoms with Crippen LogP contribution >= 0.6 is 0 Å². The molecule has 0 aliphatic heterocycles. The van der Waals surface area contributed by atoms with Crippen molar-refractivity contribution < 1.29 is 0 Å². The first-order chi connectivity index (χ1) is 28.6. The zero-order valence-electron chi connectivity index (χ0n) is 31.3. The molecule has 8 aromatic rings. The van der Waals surface area contributed by atoms with Crippen molar-refractivity contribution in [3.8, 4) is 68.8 Å². The normalized spacial score (nSPS) is 10.3. The first-order valence-corrected chi connectivity index (χ1v) is 18.7. The molecule has 268 valence electrons. The van der Waals surface area contributed by atoms with Gasteiger partial charge in [0.15, 0.2) is 0 Å². The zero-order chi connectivity index (χ0) is 39.8. The lowest BCUT2D eigenvalue weighted by molar-refractivity contribution is 1.45. The summed E-state index contributed by atoms with van der Waals surface area (Å²) in [6.07, 6.45) is 0. The molecular weight excluding hydrogens is 705 g/mol. The molecule has 0 aromatic heterocycles. The molecule has 8 rings (SSSR count). The Hall–Kier alpha value is -8.54. The van der Waals surface area contributed by atoms with E-state index in [0.29, 0.717) is 22.3 Å². The van der Waals surface area contributed by atoms with Gasteiger partial charge in [-0.15, -0.1) is 0 Å². The van der Waals surface area contributed by atoms with E-state index in [-0.39, 0.29) is 0 Å². The average Bonchev–Trinajstić information content (AvgIpc) is 3.31. The number of benzene rings is 8. The van der Waals surface area contributed by atoms with Crippen molar-refractivity contribution >= 4 is 11.1 Å². The van der Waals surface area contributed by atoms with Gasteiger partial charge in [-0.05, 0) is 133 Å². The van der Waals surface area contributed by atoms with E-state index >= 15 is 0 Å². The van der Waals surface area contributed by atoms with E-state index in [1.54, 1.807) is 0 Å². The van der Waals surface area contributed by atoms with E-state index < -0.39 is 0 Å². The minimum atomic E-state index is 0.535. The summed E-state index contributed by atoms with van der Waals surface area (Å²) < 4.78 is 0. The first-order valence-electron chi connectivity index (χ1n) is 18.7. The second-order valence-electron chi connectivity index (χ2n) is 13.7. The SMILES string of the molecule is N#Cc1ccc(-c2cc(C(=C(c3ccccc3)c3ccccc3)c3ccccc3)c(-c3ccc(C#N)cc3)c(-c3ccc(C#N)cc3)c2-c2ccc(C#N)cc2)cc1. The Balaban J connectivity index is 1.66. The predicted octanol–water partition coefficient (Wildman–Crippen LogP) is 12.8. The molecule has 4 heteroatoms. The molecule has 0 saturated heterocycles. The second-order valence-corrected chi connectivity index (χ2v) is 13.7. The van der Waals surface area contributed by atoms with Gasteiger partial charge in [0.1, 0.15) is 0 Å². The average molecular weight is 737 g/mol. The largest absolute Gasteiger partial charge is 0.192 e. The molecule has 8 aromatic carbocycles. The molecule has 0 unspecified atom stereocenters. The molecule has 58 heavy (non-hydrogen) atoms. The topological polar surface area (TPSA) is 95.2 Å². The Morgan fingerprint density at radius 1 is 0.293 bits per heavy atom. The van der Waals surface area contributed by atoms with Crippen molar-refractivity contribution in [1.82, 2.24) is 0 Å². The van der Waals surface area contributed by atoms with E-state index in [9.17, 15) is 21.0 Å². The van der Waals surface area contributed by atoms with Crippen molar-refractivity contribution in [1.29, 1.82) is 21.0 Å². The molecular formula is C54H32N4. The summed E-state index contributed by atoms with van der Waals surface area (Å²) in [5, 5.41) is 39.4. The smallest absolute Gasteiger partial charge is 0.0991 e. The fraction of sp³-hybridized carbons (Fsp3) is 0. The zero-order valence-corrected chi connectivity index (χ0v) is 31.3. The Labute approximate surface area is 338 Å². The minimum Gasteiger partial charge on any atom is -0.192 e. The van der Waals surface area contributed by atoms with Crippen LogP contribution in [0.1, 0.15) is 44.5 Å². The highest BCUT2D eigenvalue weighted by molar-refractivity contribution is 6.13. The Kier molecular flexibility index (Phi) is 10.3. The summed E-state index contributed by atoms with van der Waals surface area (Å²) in [5.41, 5.74) is 15.4. The lowest BCUT2D eigenvalue weighted by Gasteiger charge is -2.27. The lowest BCUT2D eigenvalue weighted by Crippen LogP contribution is -2.04. The molecule has 0 atom stereocenters. The summed E-state index contributed by atoms with van der Waals surface area (Å²) >= 11 is 0. The van der Waals surface area contributed by atoms with Crippen molar-refractivity contribution in [2.75, 3.05) is 0 Å². The van der Waals surface area contributed by atoms with Crippen LogP contribution in [0.3, 0.4) is 0 Å². The summed E-state index contributed by atoms with van der Waals surface area (Å²) in [5.74, 6) is 0. The maximum atomic E-state index is 9.91. The van der Waals surface area contributed by atoms with Gasteiger partial charge >= 0.3 is 0 Å². The third-order valence-electron chi connectivity index (χ3n) is 10.3. The van der Waals surface area contributed by atoms with Gasteiger partial charge in [0.2, 0.25) is 0 Å². The van der Waals surface area contributed by atoms with Gasteiger partial charge in [-0.1, -0.05) is 140 Å². The standard InChI is InChI=1S/C54H32N4/c55-33-37-16-24-41(25-17-37)48-32-49(52(44-14-8-3-9-15-44)50(42-10-4-1-5-11-42)43-12-6-2-7-13-43)53(46-28-20-39(35-57)21-29-46)54(47-30-22-40(36-58)23-31-47)51(48)45-26-18-38(34-56)19-27-45/h1-32H. The predicted molar refractivity (Wildman–Crippen MR) is 231 cm³/mol. The molecule has 0 radical (unpaired) electrons. The van der Waals surface area contributed by atoms with Crippen molar-refractivity contribution in [3.05, 3.63) is 239 Å². The van der Waals surface area contributed by atoms with E-state index in [2.05, 4.69) is 103 Å². The van der Waals surface area contributed by atoms with Gasteiger partial charge < -0.3 is 0 Å². The van der Waals surface area contributed by atoms with E-state index in [4.69, 9.17) is 0 Å². The highest BCUT2D eigenvalue weighted by Gasteiger charge is 2.27. The van der Waals surface area contributed by atoms with E-state index in [0.717, 1.165) is 77.9 Å². The van der Waals surface area contributed by atoms with Gasteiger partial charge in [-0.2, -0.15) is 21.0 Å². The molecule has 0 saturated carbocycles.